The molecule has 0 saturated carbocycles. The summed E-state index contributed by atoms with van der Waals surface area (Å²) in [6.45, 7) is 4.79. The van der Waals surface area contributed by atoms with Gasteiger partial charge < -0.3 is 9.47 Å². The van der Waals surface area contributed by atoms with E-state index in [1.807, 2.05) is 19.9 Å². The Bertz CT molecular complexity index is 615. The van der Waals surface area contributed by atoms with Gasteiger partial charge in [0.05, 0.1) is 22.6 Å². The molecule has 0 radical (unpaired) electrons. The van der Waals surface area contributed by atoms with Crippen molar-refractivity contribution >= 4 is 44.9 Å². The molecule has 0 unspecified atom stereocenters. The molecule has 1 heterocycles. The zero-order chi connectivity index (χ0) is 15.4. The lowest BCUT2D eigenvalue weighted by Crippen LogP contribution is -2.17. The van der Waals surface area contributed by atoms with Gasteiger partial charge in [0.25, 0.3) is 11.1 Å². The Morgan fingerprint density at radius 2 is 1.95 bits per heavy atom. The molecule has 5 nitrogen and oxygen atoms in total. The maximum absolute atomic E-state index is 11.6. The molecule has 1 aliphatic rings. The summed E-state index contributed by atoms with van der Waals surface area (Å²) in [6.07, 6.45) is 1.65. The maximum Gasteiger partial charge on any atom is 0.290 e. The summed E-state index contributed by atoms with van der Waals surface area (Å²) in [5, 5.41) is 1.86. The van der Waals surface area contributed by atoms with E-state index in [4.69, 9.17) is 9.47 Å². The summed E-state index contributed by atoms with van der Waals surface area (Å²) >= 11 is 4.32. The number of hydrogen-bond donors (Lipinski definition) is 1. The highest BCUT2D eigenvalue weighted by molar-refractivity contribution is 9.10. The molecule has 112 valence electrons. The third kappa shape index (κ3) is 3.79. The van der Waals surface area contributed by atoms with Crippen LogP contribution in [0, 0.1) is 0 Å². The van der Waals surface area contributed by atoms with Crippen molar-refractivity contribution in [1.82, 2.24) is 5.32 Å². The molecule has 0 aromatic heterocycles. The molecule has 21 heavy (non-hydrogen) atoms. The summed E-state index contributed by atoms with van der Waals surface area (Å²) in [7, 11) is 0. The van der Waals surface area contributed by atoms with Crippen LogP contribution in [0.15, 0.2) is 21.5 Å². The fraction of sp³-hybridized carbons (Fsp3) is 0.286. The second-order valence-corrected chi connectivity index (χ2v) is 5.92. The van der Waals surface area contributed by atoms with Crippen LogP contribution in [0.25, 0.3) is 6.08 Å². The first kappa shape index (κ1) is 15.9. The lowest BCUT2D eigenvalue weighted by Gasteiger charge is -2.13. The Hall–Kier alpha value is -1.47. The summed E-state index contributed by atoms with van der Waals surface area (Å²) in [6, 6.07) is 3.60. The monoisotopic (exact) mass is 371 g/mol. The lowest BCUT2D eigenvalue weighted by atomic mass is 10.2. The van der Waals surface area contributed by atoms with Gasteiger partial charge in [0.2, 0.25) is 0 Å². The predicted molar refractivity (Wildman–Crippen MR) is 85.6 cm³/mol. The van der Waals surface area contributed by atoms with Gasteiger partial charge in [0, 0.05) is 0 Å². The van der Waals surface area contributed by atoms with E-state index in [-0.39, 0.29) is 11.1 Å². The standard InChI is InChI=1S/C14H14BrNO4S/c1-3-19-10-6-8(5-9(15)12(10)20-4-2)7-11-13(17)16-14(18)21-11/h5-7H,3-4H2,1-2H3,(H,16,17,18)/b11-7-. The second-order valence-electron chi connectivity index (χ2n) is 4.05. The highest BCUT2D eigenvalue weighted by atomic mass is 79.9. The van der Waals surface area contributed by atoms with Crippen LogP contribution in [-0.4, -0.2) is 24.4 Å². The SMILES string of the molecule is CCOc1cc(/C=C2\SC(=O)NC2=O)cc(Br)c1OCC. The van der Waals surface area contributed by atoms with E-state index in [2.05, 4.69) is 21.2 Å². The molecule has 1 N–H and O–H groups in total. The molecule has 1 aromatic rings. The molecule has 1 aromatic carbocycles. The highest BCUT2D eigenvalue weighted by Crippen LogP contribution is 2.38. The summed E-state index contributed by atoms with van der Waals surface area (Å²) < 4.78 is 11.9. The van der Waals surface area contributed by atoms with Crippen LogP contribution in [0.1, 0.15) is 19.4 Å². The van der Waals surface area contributed by atoms with Crippen molar-refractivity contribution in [2.75, 3.05) is 13.2 Å². The molecule has 2 amide bonds. The van der Waals surface area contributed by atoms with E-state index in [0.717, 1.165) is 21.8 Å². The number of hydrogen-bond acceptors (Lipinski definition) is 5. The molecule has 0 spiro atoms. The summed E-state index contributed by atoms with van der Waals surface area (Å²) in [5.74, 6) is 0.837. The van der Waals surface area contributed by atoms with E-state index < -0.39 is 0 Å². The van der Waals surface area contributed by atoms with Crippen LogP contribution in [0.2, 0.25) is 0 Å². The third-order valence-corrected chi connectivity index (χ3v) is 3.96. The van der Waals surface area contributed by atoms with Crippen LogP contribution < -0.4 is 14.8 Å². The second kappa shape index (κ2) is 7.00. The van der Waals surface area contributed by atoms with Crippen LogP contribution in [0.3, 0.4) is 0 Å². The average Bonchev–Trinajstić information content (AvgIpc) is 2.72. The number of imide groups is 1. The Balaban J connectivity index is 2.39. The minimum Gasteiger partial charge on any atom is -0.490 e. The van der Waals surface area contributed by atoms with Gasteiger partial charge in [-0.15, -0.1) is 0 Å². The molecular formula is C14H14BrNO4S. The minimum absolute atomic E-state index is 0.360. The first-order valence-electron chi connectivity index (χ1n) is 6.39. The molecule has 0 bridgehead atoms. The molecule has 2 rings (SSSR count). The minimum atomic E-state index is -0.382. The molecule has 7 heteroatoms. The van der Waals surface area contributed by atoms with Gasteiger partial charge in [-0.2, -0.15) is 0 Å². The van der Waals surface area contributed by atoms with Gasteiger partial charge in [-0.3, -0.25) is 14.9 Å². The van der Waals surface area contributed by atoms with Crippen LogP contribution in [0.5, 0.6) is 11.5 Å². The van der Waals surface area contributed by atoms with Crippen molar-refractivity contribution in [3.63, 3.8) is 0 Å². The number of ether oxygens (including phenoxy) is 2. The average molecular weight is 372 g/mol. The zero-order valence-electron chi connectivity index (χ0n) is 11.6. The highest BCUT2D eigenvalue weighted by Gasteiger charge is 2.25. The van der Waals surface area contributed by atoms with E-state index in [1.54, 1.807) is 12.1 Å². The summed E-state index contributed by atoms with van der Waals surface area (Å²) in [4.78, 5) is 23.1. The van der Waals surface area contributed by atoms with Crippen LogP contribution >= 0.6 is 27.7 Å². The number of carbonyl (C=O) groups excluding carboxylic acids is 2. The molecule has 1 saturated heterocycles. The van der Waals surface area contributed by atoms with E-state index in [9.17, 15) is 9.59 Å². The number of halogens is 1. The van der Waals surface area contributed by atoms with Crippen LogP contribution in [-0.2, 0) is 4.79 Å². The van der Waals surface area contributed by atoms with Crippen molar-refractivity contribution in [1.29, 1.82) is 0 Å². The molecule has 0 atom stereocenters. The Labute approximate surface area is 135 Å². The van der Waals surface area contributed by atoms with Gasteiger partial charge in [0.1, 0.15) is 0 Å². The number of rotatable bonds is 5. The molecular weight excluding hydrogens is 358 g/mol. The predicted octanol–water partition coefficient (Wildman–Crippen LogP) is 3.57. The molecule has 0 aliphatic carbocycles. The number of carbonyl (C=O) groups is 2. The van der Waals surface area contributed by atoms with Crippen molar-refractivity contribution in [2.24, 2.45) is 0 Å². The molecule has 1 fully saturated rings. The van der Waals surface area contributed by atoms with Gasteiger partial charge in [0.15, 0.2) is 11.5 Å². The molecule has 1 aliphatic heterocycles. The van der Waals surface area contributed by atoms with Gasteiger partial charge in [-0.05, 0) is 65.3 Å². The number of nitrogens with one attached hydrogen (secondary N) is 1. The maximum atomic E-state index is 11.6. The summed E-state index contributed by atoms with van der Waals surface area (Å²) in [5.41, 5.74) is 0.751. The normalized spacial score (nSPS) is 16.2. The van der Waals surface area contributed by atoms with Crippen molar-refractivity contribution < 1.29 is 19.1 Å². The van der Waals surface area contributed by atoms with E-state index in [1.165, 1.54) is 0 Å². The quantitative estimate of drug-likeness (QED) is 0.801. The van der Waals surface area contributed by atoms with Gasteiger partial charge in [-0.1, -0.05) is 0 Å². The third-order valence-electron chi connectivity index (χ3n) is 2.56. The smallest absolute Gasteiger partial charge is 0.290 e. The topological polar surface area (TPSA) is 64.6 Å². The van der Waals surface area contributed by atoms with Crippen molar-refractivity contribution in [2.45, 2.75) is 13.8 Å². The lowest BCUT2D eigenvalue weighted by molar-refractivity contribution is -0.115. The largest absolute Gasteiger partial charge is 0.490 e. The number of thioether (sulfide) groups is 1. The Morgan fingerprint density at radius 3 is 2.52 bits per heavy atom. The number of amides is 2. The van der Waals surface area contributed by atoms with E-state index >= 15 is 0 Å². The van der Waals surface area contributed by atoms with Gasteiger partial charge >= 0.3 is 0 Å². The Morgan fingerprint density at radius 1 is 1.24 bits per heavy atom. The van der Waals surface area contributed by atoms with Crippen LogP contribution in [0.4, 0.5) is 4.79 Å². The van der Waals surface area contributed by atoms with Crippen molar-refractivity contribution in [3.8, 4) is 11.5 Å². The van der Waals surface area contributed by atoms with E-state index in [0.29, 0.717) is 29.6 Å². The first-order valence-corrected chi connectivity index (χ1v) is 8.00. The Kier molecular flexibility index (Phi) is 5.30. The fourth-order valence-electron chi connectivity index (χ4n) is 1.79. The van der Waals surface area contributed by atoms with Gasteiger partial charge in [-0.25, -0.2) is 0 Å². The number of benzene rings is 1. The zero-order valence-corrected chi connectivity index (χ0v) is 14.0. The van der Waals surface area contributed by atoms with Crippen molar-refractivity contribution in [3.05, 3.63) is 27.1 Å². The first-order chi connectivity index (χ1) is 10.0. The fourth-order valence-corrected chi connectivity index (χ4v) is 3.05.